The lowest BCUT2D eigenvalue weighted by Crippen LogP contribution is -2.43. The first-order chi connectivity index (χ1) is 12.5. The molecule has 2 aliphatic rings. The SMILES string of the molecule is CC(C)NC(=O)CN1CCC[C@@H](c2[nH]ncc2NC(=O)C2CCCC2)C1. The summed E-state index contributed by atoms with van der Waals surface area (Å²) in [4.78, 5) is 26.7. The molecule has 1 aromatic rings. The summed E-state index contributed by atoms with van der Waals surface area (Å²) < 4.78 is 0. The van der Waals surface area contributed by atoms with Crippen LogP contribution in [0.15, 0.2) is 6.20 Å². The molecule has 1 saturated carbocycles. The summed E-state index contributed by atoms with van der Waals surface area (Å²) in [7, 11) is 0. The van der Waals surface area contributed by atoms with E-state index in [1.54, 1.807) is 6.20 Å². The van der Waals surface area contributed by atoms with Crippen molar-refractivity contribution in [1.29, 1.82) is 0 Å². The Morgan fingerprint density at radius 1 is 1.27 bits per heavy atom. The second kappa shape index (κ2) is 8.66. The number of carbonyl (C=O) groups is 2. The summed E-state index contributed by atoms with van der Waals surface area (Å²) in [6.45, 7) is 6.11. The fourth-order valence-electron chi connectivity index (χ4n) is 4.14. The Balaban J connectivity index is 1.59. The first kappa shape index (κ1) is 18.9. The maximum absolute atomic E-state index is 12.4. The van der Waals surface area contributed by atoms with Gasteiger partial charge < -0.3 is 10.6 Å². The van der Waals surface area contributed by atoms with E-state index in [1.807, 2.05) is 13.8 Å². The van der Waals surface area contributed by atoms with E-state index in [1.165, 1.54) is 0 Å². The van der Waals surface area contributed by atoms with E-state index in [4.69, 9.17) is 0 Å². The molecular formula is C19H31N5O2. The third-order valence-corrected chi connectivity index (χ3v) is 5.38. The molecule has 0 spiro atoms. The third kappa shape index (κ3) is 4.84. The molecule has 2 fully saturated rings. The summed E-state index contributed by atoms with van der Waals surface area (Å²) in [5.41, 5.74) is 1.80. The standard InChI is InChI=1S/C19H31N5O2/c1-13(2)21-17(25)12-24-9-5-8-15(11-24)18-16(10-20-23-18)22-19(26)14-6-3-4-7-14/h10,13-15H,3-9,11-12H2,1-2H3,(H,20,23)(H,21,25)(H,22,26)/t15-/m1/s1. The average molecular weight is 361 g/mol. The summed E-state index contributed by atoms with van der Waals surface area (Å²) in [6, 6.07) is 0.160. The van der Waals surface area contributed by atoms with Gasteiger partial charge in [-0.25, -0.2) is 0 Å². The smallest absolute Gasteiger partial charge is 0.234 e. The molecule has 7 heteroatoms. The number of likely N-dealkylation sites (tertiary alicyclic amines) is 1. The van der Waals surface area contributed by atoms with Gasteiger partial charge in [-0.2, -0.15) is 5.10 Å². The number of amides is 2. The quantitative estimate of drug-likeness (QED) is 0.725. The summed E-state index contributed by atoms with van der Waals surface area (Å²) >= 11 is 0. The van der Waals surface area contributed by atoms with Crippen molar-refractivity contribution < 1.29 is 9.59 Å². The number of aromatic amines is 1. The van der Waals surface area contributed by atoms with Crippen LogP contribution in [0.4, 0.5) is 5.69 Å². The van der Waals surface area contributed by atoms with Crippen molar-refractivity contribution >= 4 is 17.5 Å². The number of nitrogens with one attached hydrogen (secondary N) is 3. The molecule has 0 unspecified atom stereocenters. The van der Waals surface area contributed by atoms with Gasteiger partial charge in [-0.15, -0.1) is 0 Å². The highest BCUT2D eigenvalue weighted by atomic mass is 16.2. The van der Waals surface area contributed by atoms with Crippen LogP contribution >= 0.6 is 0 Å². The van der Waals surface area contributed by atoms with Crippen molar-refractivity contribution in [3.05, 3.63) is 11.9 Å². The van der Waals surface area contributed by atoms with E-state index in [0.717, 1.165) is 63.0 Å². The number of rotatable bonds is 6. The zero-order valence-corrected chi connectivity index (χ0v) is 15.9. The van der Waals surface area contributed by atoms with Gasteiger partial charge in [0.25, 0.3) is 0 Å². The lowest BCUT2D eigenvalue weighted by atomic mass is 9.94. The van der Waals surface area contributed by atoms with Crippen LogP contribution in [0.5, 0.6) is 0 Å². The highest BCUT2D eigenvalue weighted by Crippen LogP contribution is 2.31. The molecule has 1 aliphatic carbocycles. The molecule has 3 rings (SSSR count). The number of anilines is 1. The van der Waals surface area contributed by atoms with Gasteiger partial charge in [-0.05, 0) is 46.1 Å². The zero-order valence-electron chi connectivity index (χ0n) is 15.9. The molecule has 0 bridgehead atoms. The van der Waals surface area contributed by atoms with Crippen LogP contribution in [0.25, 0.3) is 0 Å². The number of H-pyrrole nitrogens is 1. The molecule has 1 aliphatic heterocycles. The van der Waals surface area contributed by atoms with Gasteiger partial charge in [0.05, 0.1) is 24.1 Å². The van der Waals surface area contributed by atoms with Crippen LogP contribution in [0.2, 0.25) is 0 Å². The average Bonchev–Trinajstić information content (AvgIpc) is 3.26. The number of piperidine rings is 1. The van der Waals surface area contributed by atoms with Crippen LogP contribution in [-0.4, -0.2) is 52.6 Å². The minimum absolute atomic E-state index is 0.0695. The van der Waals surface area contributed by atoms with Crippen molar-refractivity contribution in [2.75, 3.05) is 25.0 Å². The van der Waals surface area contributed by atoms with E-state index in [2.05, 4.69) is 25.7 Å². The fourth-order valence-corrected chi connectivity index (χ4v) is 4.14. The summed E-state index contributed by atoms with van der Waals surface area (Å²) in [5.74, 6) is 0.589. The predicted octanol–water partition coefficient (Wildman–Crippen LogP) is 2.24. The molecule has 1 aromatic heterocycles. The third-order valence-electron chi connectivity index (χ3n) is 5.38. The van der Waals surface area contributed by atoms with Crippen molar-refractivity contribution in [3.8, 4) is 0 Å². The highest BCUT2D eigenvalue weighted by molar-refractivity contribution is 5.93. The van der Waals surface area contributed by atoms with E-state index >= 15 is 0 Å². The van der Waals surface area contributed by atoms with Crippen LogP contribution in [-0.2, 0) is 9.59 Å². The van der Waals surface area contributed by atoms with Gasteiger partial charge in [-0.1, -0.05) is 12.8 Å². The van der Waals surface area contributed by atoms with Crippen LogP contribution in [0, 0.1) is 5.92 Å². The topological polar surface area (TPSA) is 90.1 Å². The van der Waals surface area contributed by atoms with E-state index in [0.29, 0.717) is 6.54 Å². The molecule has 2 amide bonds. The maximum atomic E-state index is 12.4. The van der Waals surface area contributed by atoms with Gasteiger partial charge in [0.2, 0.25) is 11.8 Å². The van der Waals surface area contributed by atoms with Gasteiger partial charge in [0.1, 0.15) is 0 Å². The molecule has 1 saturated heterocycles. The second-order valence-corrected chi connectivity index (χ2v) is 7.96. The first-order valence-corrected chi connectivity index (χ1v) is 9.88. The van der Waals surface area contributed by atoms with Crippen molar-refractivity contribution in [2.24, 2.45) is 5.92 Å². The largest absolute Gasteiger partial charge is 0.353 e. The molecule has 3 N–H and O–H groups in total. The summed E-state index contributed by atoms with van der Waals surface area (Å²) in [5, 5.41) is 13.3. The maximum Gasteiger partial charge on any atom is 0.234 e. The Labute approximate surface area is 155 Å². The lowest BCUT2D eigenvalue weighted by molar-refractivity contribution is -0.123. The predicted molar refractivity (Wildman–Crippen MR) is 101 cm³/mol. The van der Waals surface area contributed by atoms with Gasteiger partial charge in [0.15, 0.2) is 0 Å². The number of nitrogens with zero attached hydrogens (tertiary/aromatic N) is 2. The minimum atomic E-state index is 0.0695. The fraction of sp³-hybridized carbons (Fsp3) is 0.737. The lowest BCUT2D eigenvalue weighted by Gasteiger charge is -2.32. The first-order valence-electron chi connectivity index (χ1n) is 9.88. The van der Waals surface area contributed by atoms with Crippen LogP contribution in [0.1, 0.15) is 64.0 Å². The zero-order chi connectivity index (χ0) is 18.5. The van der Waals surface area contributed by atoms with Gasteiger partial charge >= 0.3 is 0 Å². The highest BCUT2D eigenvalue weighted by Gasteiger charge is 2.28. The minimum Gasteiger partial charge on any atom is -0.353 e. The Bertz CT molecular complexity index is 621. The van der Waals surface area contributed by atoms with Crippen molar-refractivity contribution in [1.82, 2.24) is 20.4 Å². The molecule has 144 valence electrons. The summed E-state index contributed by atoms with van der Waals surface area (Å²) in [6.07, 6.45) is 8.05. The van der Waals surface area contributed by atoms with Gasteiger partial charge in [-0.3, -0.25) is 19.6 Å². The number of hydrogen-bond acceptors (Lipinski definition) is 4. The Morgan fingerprint density at radius 2 is 2.04 bits per heavy atom. The Morgan fingerprint density at radius 3 is 2.77 bits per heavy atom. The molecule has 0 aromatic carbocycles. The van der Waals surface area contributed by atoms with E-state index in [9.17, 15) is 9.59 Å². The van der Waals surface area contributed by atoms with E-state index in [-0.39, 0.29) is 29.7 Å². The number of aromatic nitrogens is 2. The molecular weight excluding hydrogens is 330 g/mol. The van der Waals surface area contributed by atoms with Crippen LogP contribution in [0.3, 0.4) is 0 Å². The normalized spacial score (nSPS) is 21.9. The number of hydrogen-bond donors (Lipinski definition) is 3. The Kier molecular flexibility index (Phi) is 6.29. The number of carbonyl (C=O) groups excluding carboxylic acids is 2. The van der Waals surface area contributed by atoms with Crippen molar-refractivity contribution in [3.63, 3.8) is 0 Å². The Hall–Kier alpha value is -1.89. The molecule has 26 heavy (non-hydrogen) atoms. The monoisotopic (exact) mass is 361 g/mol. The molecule has 2 heterocycles. The molecule has 1 atom stereocenters. The van der Waals surface area contributed by atoms with Gasteiger partial charge in [0, 0.05) is 24.4 Å². The molecule has 7 nitrogen and oxygen atoms in total. The second-order valence-electron chi connectivity index (χ2n) is 7.96. The van der Waals surface area contributed by atoms with Crippen LogP contribution < -0.4 is 10.6 Å². The van der Waals surface area contributed by atoms with E-state index < -0.39 is 0 Å². The van der Waals surface area contributed by atoms with Crippen molar-refractivity contribution in [2.45, 2.75) is 64.3 Å². The molecule has 0 radical (unpaired) electrons.